The van der Waals surface area contributed by atoms with Crippen LogP contribution in [-0.4, -0.2) is 84.1 Å². The first-order valence-electron chi connectivity index (χ1n) is 13.9. The molecule has 2 aliphatic heterocycles. The van der Waals surface area contributed by atoms with Gasteiger partial charge in [-0.25, -0.2) is 26.7 Å². The normalized spacial score (nSPS) is 19.7. The van der Waals surface area contributed by atoms with E-state index < -0.39 is 56.2 Å². The van der Waals surface area contributed by atoms with E-state index in [0.717, 1.165) is 35.8 Å². The lowest BCUT2D eigenvalue weighted by Crippen LogP contribution is -2.65. The Bertz CT molecular complexity index is 1520. The molecule has 15 heteroatoms. The molecule has 2 atom stereocenters. The molecule has 44 heavy (non-hydrogen) atoms. The van der Waals surface area contributed by atoms with Gasteiger partial charge in [-0.2, -0.15) is 11.8 Å². The largest absolute Gasteiger partial charge is 0.461 e. The third-order valence-corrected chi connectivity index (χ3v) is 11.7. The second kappa shape index (κ2) is 13.5. The van der Waals surface area contributed by atoms with Gasteiger partial charge in [-0.1, -0.05) is 11.6 Å². The second-order valence-corrected chi connectivity index (χ2v) is 15.9. The number of halogens is 2. The van der Waals surface area contributed by atoms with Crippen LogP contribution in [-0.2, 0) is 24.3 Å². The maximum atomic E-state index is 14.4. The van der Waals surface area contributed by atoms with E-state index in [1.807, 2.05) is 13.8 Å². The molecule has 2 fully saturated rings. The van der Waals surface area contributed by atoms with Crippen molar-refractivity contribution in [3.05, 3.63) is 53.3 Å². The number of ketones is 1. The van der Waals surface area contributed by atoms with E-state index in [0.29, 0.717) is 23.1 Å². The average Bonchev–Trinajstić information content (AvgIpc) is 3.33. The number of carbonyl (C=O) groups excluding carboxylic acids is 3. The molecule has 2 aromatic rings. The van der Waals surface area contributed by atoms with Gasteiger partial charge in [-0.05, 0) is 77.1 Å². The second-order valence-electron chi connectivity index (χ2n) is 11.4. The van der Waals surface area contributed by atoms with Crippen LogP contribution in [0.3, 0.4) is 0 Å². The number of benzene rings is 2. The van der Waals surface area contributed by atoms with Gasteiger partial charge in [0, 0.05) is 35.9 Å². The molecule has 0 radical (unpaired) electrons. The van der Waals surface area contributed by atoms with Gasteiger partial charge in [0.05, 0.1) is 21.7 Å². The fraction of sp³-hybridized carbons (Fsp3) is 0.483. The van der Waals surface area contributed by atoms with Crippen LogP contribution >= 0.6 is 35.1 Å². The van der Waals surface area contributed by atoms with E-state index in [4.69, 9.17) is 21.1 Å². The third kappa shape index (κ3) is 7.30. The van der Waals surface area contributed by atoms with E-state index in [1.54, 1.807) is 25.6 Å². The first-order valence-corrected chi connectivity index (χ1v) is 17.9. The molecule has 0 saturated carbocycles. The highest BCUT2D eigenvalue weighted by molar-refractivity contribution is 8.01. The number of nitrogens with one attached hydrogen (secondary N) is 1. The van der Waals surface area contributed by atoms with Crippen LogP contribution in [0.5, 0.6) is 5.75 Å². The number of thioether (sulfide) groups is 2. The molecular weight excluding hydrogens is 653 g/mol. The first kappa shape index (κ1) is 34.4. The zero-order chi connectivity index (χ0) is 32.4. The minimum absolute atomic E-state index is 0.0367. The number of nitrogens with zero attached hydrogens (tertiary/aromatic N) is 2. The summed E-state index contributed by atoms with van der Waals surface area (Å²) in [7, 11) is -4.75. The maximum absolute atomic E-state index is 14.4. The molecule has 0 spiro atoms. The number of ether oxygens (including phenoxy) is 2. The van der Waals surface area contributed by atoms with Crippen molar-refractivity contribution in [1.82, 2.24) is 10.2 Å². The SMILES string of the molecule is CC(C)OC(=O)[C@@](C)(C(=O)[C@H]1NC(C)(C)CS1)N(c1ccc(OC(=O)N2CCSCC2)c(Cl)c1)S(=O)(=O)c1ccc(F)cc1. The highest BCUT2D eigenvalue weighted by atomic mass is 35.5. The van der Waals surface area contributed by atoms with Crippen LogP contribution in [0.4, 0.5) is 14.9 Å². The predicted octanol–water partition coefficient (Wildman–Crippen LogP) is 4.94. The summed E-state index contributed by atoms with van der Waals surface area (Å²) in [6.45, 7) is 9.11. The number of esters is 1. The molecule has 2 aromatic carbocycles. The number of rotatable bonds is 9. The molecule has 0 unspecified atom stereocenters. The number of hydrogen-bond donors (Lipinski definition) is 1. The molecule has 2 saturated heterocycles. The Kier molecular flexibility index (Phi) is 10.5. The fourth-order valence-electron chi connectivity index (χ4n) is 4.69. The summed E-state index contributed by atoms with van der Waals surface area (Å²) < 4.78 is 54.3. The molecule has 0 bridgehead atoms. The average molecular weight is 688 g/mol. The van der Waals surface area contributed by atoms with Crippen molar-refractivity contribution in [3.63, 3.8) is 0 Å². The lowest BCUT2D eigenvalue weighted by atomic mass is 9.94. The molecule has 0 aliphatic carbocycles. The minimum atomic E-state index is -4.75. The van der Waals surface area contributed by atoms with Crippen LogP contribution in [0.25, 0.3) is 0 Å². The van der Waals surface area contributed by atoms with Crippen LogP contribution in [0, 0.1) is 5.82 Å². The molecule has 1 amide bonds. The van der Waals surface area contributed by atoms with E-state index >= 15 is 0 Å². The molecule has 0 aromatic heterocycles. The Hall–Kier alpha value is -2.52. The van der Waals surface area contributed by atoms with Crippen molar-refractivity contribution in [2.24, 2.45) is 0 Å². The van der Waals surface area contributed by atoms with Crippen molar-refractivity contribution in [3.8, 4) is 5.75 Å². The van der Waals surface area contributed by atoms with Gasteiger partial charge in [-0.3, -0.25) is 10.1 Å². The Morgan fingerprint density at radius 1 is 1.14 bits per heavy atom. The Morgan fingerprint density at radius 3 is 2.32 bits per heavy atom. The summed E-state index contributed by atoms with van der Waals surface area (Å²) >= 11 is 9.50. The van der Waals surface area contributed by atoms with Crippen molar-refractivity contribution >= 4 is 68.7 Å². The summed E-state index contributed by atoms with van der Waals surface area (Å²) in [5.41, 5.74) is -3.10. The number of Topliss-reactive ketones (excluding diaryl/α,β-unsaturated/α-hetero) is 1. The summed E-state index contributed by atoms with van der Waals surface area (Å²) in [5.74, 6) is -0.534. The lowest BCUT2D eigenvalue weighted by Gasteiger charge is -2.40. The van der Waals surface area contributed by atoms with Gasteiger partial charge in [-0.15, -0.1) is 11.8 Å². The topological polar surface area (TPSA) is 122 Å². The Morgan fingerprint density at radius 2 is 1.77 bits per heavy atom. The maximum Gasteiger partial charge on any atom is 0.415 e. The molecule has 10 nitrogen and oxygen atoms in total. The minimum Gasteiger partial charge on any atom is -0.461 e. The molecule has 2 aliphatic rings. The van der Waals surface area contributed by atoms with Crippen molar-refractivity contribution in [2.75, 3.05) is 34.7 Å². The van der Waals surface area contributed by atoms with Gasteiger partial charge >= 0.3 is 12.1 Å². The molecular formula is C29H35ClFN3O7S3. The number of sulfonamides is 1. The molecule has 4 rings (SSSR count). The van der Waals surface area contributed by atoms with Gasteiger partial charge in [0.25, 0.3) is 10.0 Å². The van der Waals surface area contributed by atoms with Crippen LogP contribution in [0.2, 0.25) is 5.02 Å². The van der Waals surface area contributed by atoms with Crippen LogP contribution in [0.15, 0.2) is 47.4 Å². The van der Waals surface area contributed by atoms with E-state index in [-0.39, 0.29) is 21.4 Å². The smallest absolute Gasteiger partial charge is 0.415 e. The molecule has 2 heterocycles. The van der Waals surface area contributed by atoms with E-state index in [1.165, 1.54) is 41.8 Å². The standard InChI is InChI=1S/C29H35ClFN3O7S3/c1-18(2)40-26(36)29(5,24(35)25-32-28(3,4)17-43-25)34(44(38,39)21-9-6-19(31)7-10-21)20-8-11-23(22(30)16-20)41-27(37)33-12-14-42-15-13-33/h6-11,16,18,25,32H,12-15,17H2,1-5H3/t25-,29+/m0/s1. The number of amides is 1. The molecule has 240 valence electrons. The van der Waals surface area contributed by atoms with Crippen molar-refractivity contribution in [2.45, 2.75) is 62.1 Å². The Balaban J connectivity index is 1.85. The fourth-order valence-corrected chi connectivity index (χ4v) is 8.99. The van der Waals surface area contributed by atoms with Gasteiger partial charge in [0.15, 0.2) is 11.5 Å². The van der Waals surface area contributed by atoms with Crippen LogP contribution in [0.1, 0.15) is 34.6 Å². The third-order valence-electron chi connectivity index (χ3n) is 6.97. The Labute approximate surface area is 270 Å². The van der Waals surface area contributed by atoms with Gasteiger partial charge in [0.2, 0.25) is 5.54 Å². The molecule has 1 N–H and O–H groups in total. The monoisotopic (exact) mass is 687 g/mol. The van der Waals surface area contributed by atoms with Crippen molar-refractivity contribution in [1.29, 1.82) is 0 Å². The van der Waals surface area contributed by atoms with E-state index in [2.05, 4.69) is 5.32 Å². The highest BCUT2D eigenvalue weighted by Gasteiger charge is 2.57. The summed E-state index contributed by atoms with van der Waals surface area (Å²) in [6.07, 6.45) is -1.30. The highest BCUT2D eigenvalue weighted by Crippen LogP contribution is 2.40. The first-order chi connectivity index (χ1) is 20.6. The zero-order valence-corrected chi connectivity index (χ0v) is 28.2. The summed E-state index contributed by atoms with van der Waals surface area (Å²) in [6, 6.07) is 7.78. The summed E-state index contributed by atoms with van der Waals surface area (Å²) in [4.78, 5) is 42.1. The predicted molar refractivity (Wildman–Crippen MR) is 171 cm³/mol. The van der Waals surface area contributed by atoms with Gasteiger partial charge in [0.1, 0.15) is 11.2 Å². The van der Waals surface area contributed by atoms with E-state index in [9.17, 15) is 27.2 Å². The van der Waals surface area contributed by atoms with Gasteiger partial charge < -0.3 is 14.4 Å². The zero-order valence-electron chi connectivity index (χ0n) is 25.0. The van der Waals surface area contributed by atoms with Crippen LogP contribution < -0.4 is 14.4 Å². The number of hydrogen-bond acceptors (Lipinski definition) is 10. The lowest BCUT2D eigenvalue weighted by molar-refractivity contribution is -0.156. The van der Waals surface area contributed by atoms with Crippen molar-refractivity contribution < 1.29 is 36.7 Å². The quantitative estimate of drug-likeness (QED) is 0.287. The summed E-state index contributed by atoms with van der Waals surface area (Å²) in [5, 5.41) is 2.07. The number of carbonyl (C=O) groups is 3. The number of anilines is 1.